The first-order valence-electron chi connectivity index (χ1n) is 15.0. The van der Waals surface area contributed by atoms with Crippen molar-refractivity contribution in [3.63, 3.8) is 0 Å². The van der Waals surface area contributed by atoms with Gasteiger partial charge in [0.1, 0.15) is 18.1 Å². The number of carbonyl (C=O) groups is 4. The Labute approximate surface area is 292 Å². The maximum Gasteiger partial charge on any atom is 0.337 e. The fraction of sp³-hybridized carbons (Fsp3) is 0.0526. The molecule has 0 aromatic heterocycles. The Balaban J connectivity index is 1.25. The van der Waals surface area contributed by atoms with Gasteiger partial charge >= 0.3 is 5.97 Å². The van der Waals surface area contributed by atoms with E-state index in [1.165, 1.54) is 30.0 Å². The highest BCUT2D eigenvalue weighted by atomic mass is 35.5. The summed E-state index contributed by atoms with van der Waals surface area (Å²) in [6.45, 7) is 0.412. The van der Waals surface area contributed by atoms with Gasteiger partial charge in [-0.3, -0.25) is 14.4 Å². The minimum Gasteiger partial charge on any atom is -0.489 e. The lowest BCUT2D eigenvalue weighted by atomic mass is 10.1. The molecule has 0 atom stereocenters. The minimum absolute atomic E-state index is 0.0196. The van der Waals surface area contributed by atoms with E-state index in [0.29, 0.717) is 39.8 Å². The Morgan fingerprint density at radius 3 is 2.16 bits per heavy atom. The Hall–Kier alpha value is -5.84. The summed E-state index contributed by atoms with van der Waals surface area (Å²) in [6, 6.07) is 36.6. The molecule has 3 amide bonds. The highest BCUT2D eigenvalue weighted by Gasteiger charge is 2.16. The summed E-state index contributed by atoms with van der Waals surface area (Å²) in [7, 11) is 0. The van der Waals surface area contributed by atoms with E-state index in [-0.39, 0.29) is 27.9 Å². The van der Waals surface area contributed by atoms with Gasteiger partial charge in [-0.1, -0.05) is 78.3 Å². The van der Waals surface area contributed by atoms with Crippen LogP contribution in [0.15, 0.2) is 138 Å². The second-order valence-electron chi connectivity index (χ2n) is 10.5. The molecule has 0 unspecified atom stereocenters. The third-order valence-electron chi connectivity index (χ3n) is 6.91. The zero-order chi connectivity index (χ0) is 34.6. The van der Waals surface area contributed by atoms with Crippen LogP contribution in [-0.4, -0.2) is 34.6 Å². The number of carboxylic acids is 1. The summed E-state index contributed by atoms with van der Waals surface area (Å²) in [5.41, 5.74) is 2.75. The zero-order valence-electron chi connectivity index (χ0n) is 25.9. The molecule has 0 saturated carbocycles. The summed E-state index contributed by atoms with van der Waals surface area (Å²) in [4.78, 5) is 51.2. The van der Waals surface area contributed by atoms with E-state index < -0.39 is 17.8 Å². The number of carboxylic acid groups (broad SMARTS) is 1. The fourth-order valence-electron chi connectivity index (χ4n) is 4.49. The van der Waals surface area contributed by atoms with Gasteiger partial charge in [0.05, 0.1) is 16.3 Å². The predicted octanol–water partition coefficient (Wildman–Crippen LogP) is 7.76. The first kappa shape index (κ1) is 34.5. The standard InChI is InChI=1S/C38H30ClN3O6S/c39-33-19-16-29(22-32(33)38(46)47)40-35(43)24-49-31-13-7-12-28(21-31)41-37(45)34(42-36(44)27-10-5-2-6-11-27)20-25-14-17-30(18-15-25)48-23-26-8-3-1-4-9-26/h1-22H,23-24H2,(H,40,43)(H,41,45)(H,42,44)(H,46,47)/b34-20-. The molecule has 11 heteroatoms. The molecule has 0 radical (unpaired) electrons. The molecule has 0 bridgehead atoms. The van der Waals surface area contributed by atoms with Gasteiger partial charge in [-0.05, 0) is 77.9 Å². The van der Waals surface area contributed by atoms with Crippen molar-refractivity contribution in [1.29, 1.82) is 0 Å². The molecule has 0 spiro atoms. The number of aromatic carboxylic acids is 1. The molecule has 0 heterocycles. The van der Waals surface area contributed by atoms with Gasteiger partial charge in [0.2, 0.25) is 5.91 Å². The summed E-state index contributed by atoms with van der Waals surface area (Å²) >= 11 is 7.13. The number of ether oxygens (including phenoxy) is 1. The lowest BCUT2D eigenvalue weighted by molar-refractivity contribution is -0.114. The Bertz CT molecular complexity index is 1990. The number of halogens is 1. The molecule has 5 aromatic rings. The number of rotatable bonds is 13. The Morgan fingerprint density at radius 1 is 0.755 bits per heavy atom. The molecule has 0 aliphatic heterocycles. The van der Waals surface area contributed by atoms with Gasteiger partial charge in [0.25, 0.3) is 11.8 Å². The van der Waals surface area contributed by atoms with Gasteiger partial charge in [0.15, 0.2) is 0 Å². The second kappa shape index (κ2) is 16.8. The first-order chi connectivity index (χ1) is 23.7. The quantitative estimate of drug-likeness (QED) is 0.0733. The maximum atomic E-state index is 13.5. The molecule has 5 rings (SSSR count). The number of thioether (sulfide) groups is 1. The Morgan fingerprint density at radius 2 is 1.45 bits per heavy atom. The van der Waals surface area contributed by atoms with E-state index in [9.17, 15) is 24.3 Å². The van der Waals surface area contributed by atoms with Gasteiger partial charge < -0.3 is 25.8 Å². The van der Waals surface area contributed by atoms with Crippen LogP contribution in [0.3, 0.4) is 0 Å². The van der Waals surface area contributed by atoms with E-state index >= 15 is 0 Å². The molecular formula is C38H30ClN3O6S. The van der Waals surface area contributed by atoms with Crippen molar-refractivity contribution < 1.29 is 29.0 Å². The fourth-order valence-corrected chi connectivity index (χ4v) is 5.44. The lowest BCUT2D eigenvalue weighted by Crippen LogP contribution is -2.30. The van der Waals surface area contributed by atoms with Gasteiger partial charge in [-0.25, -0.2) is 4.79 Å². The molecule has 0 aliphatic rings. The first-order valence-corrected chi connectivity index (χ1v) is 16.3. The van der Waals surface area contributed by atoms with Crippen LogP contribution in [0.4, 0.5) is 11.4 Å². The average Bonchev–Trinajstić information content (AvgIpc) is 3.11. The monoisotopic (exact) mass is 691 g/mol. The number of nitrogens with one attached hydrogen (secondary N) is 3. The molecule has 0 fully saturated rings. The lowest BCUT2D eigenvalue weighted by Gasteiger charge is -2.13. The van der Waals surface area contributed by atoms with E-state index in [1.807, 2.05) is 30.3 Å². The van der Waals surface area contributed by atoms with Crippen molar-refractivity contribution in [3.05, 3.63) is 160 Å². The highest BCUT2D eigenvalue weighted by Crippen LogP contribution is 2.24. The van der Waals surface area contributed by atoms with E-state index in [1.54, 1.807) is 84.9 Å². The molecule has 49 heavy (non-hydrogen) atoms. The summed E-state index contributed by atoms with van der Waals surface area (Å²) in [5.74, 6) is -1.88. The maximum absolute atomic E-state index is 13.5. The van der Waals surface area contributed by atoms with Crippen molar-refractivity contribution in [2.24, 2.45) is 0 Å². The third kappa shape index (κ3) is 10.3. The van der Waals surface area contributed by atoms with Crippen LogP contribution in [0.1, 0.15) is 31.8 Å². The molecule has 5 aromatic carbocycles. The summed E-state index contributed by atoms with van der Waals surface area (Å²) in [5, 5.41) is 17.6. The normalized spacial score (nSPS) is 10.9. The number of amides is 3. The molecule has 246 valence electrons. The number of anilines is 2. The van der Waals surface area contributed by atoms with E-state index in [2.05, 4.69) is 16.0 Å². The smallest absolute Gasteiger partial charge is 0.337 e. The van der Waals surface area contributed by atoms with Gasteiger partial charge in [-0.15, -0.1) is 11.8 Å². The SMILES string of the molecule is O=C(CSc1cccc(NC(=O)/C(=C/c2ccc(OCc3ccccc3)cc2)NC(=O)c2ccccc2)c1)Nc1ccc(Cl)c(C(=O)O)c1. The van der Waals surface area contributed by atoms with E-state index in [4.69, 9.17) is 16.3 Å². The van der Waals surface area contributed by atoms with Crippen molar-refractivity contribution in [1.82, 2.24) is 5.32 Å². The van der Waals surface area contributed by atoms with Crippen LogP contribution in [0.5, 0.6) is 5.75 Å². The molecule has 0 saturated heterocycles. The van der Waals surface area contributed by atoms with Gasteiger partial charge in [-0.2, -0.15) is 0 Å². The van der Waals surface area contributed by atoms with Crippen LogP contribution < -0.4 is 20.7 Å². The summed E-state index contributed by atoms with van der Waals surface area (Å²) in [6.07, 6.45) is 1.58. The molecule has 4 N–H and O–H groups in total. The van der Waals surface area contributed by atoms with Crippen molar-refractivity contribution in [2.75, 3.05) is 16.4 Å². The largest absolute Gasteiger partial charge is 0.489 e. The van der Waals surface area contributed by atoms with Crippen LogP contribution in [0.25, 0.3) is 6.08 Å². The molecule has 9 nitrogen and oxygen atoms in total. The number of hydrogen-bond acceptors (Lipinski definition) is 6. The van der Waals surface area contributed by atoms with Crippen molar-refractivity contribution in [3.8, 4) is 5.75 Å². The number of hydrogen-bond donors (Lipinski definition) is 4. The molecule has 0 aliphatic carbocycles. The topological polar surface area (TPSA) is 134 Å². The van der Waals surface area contributed by atoms with Crippen LogP contribution in [-0.2, 0) is 16.2 Å². The Kier molecular flexibility index (Phi) is 11.8. The third-order valence-corrected chi connectivity index (χ3v) is 8.23. The number of carbonyl (C=O) groups excluding carboxylic acids is 3. The highest BCUT2D eigenvalue weighted by molar-refractivity contribution is 8.00. The number of benzene rings is 5. The summed E-state index contributed by atoms with van der Waals surface area (Å²) < 4.78 is 5.87. The molecular weight excluding hydrogens is 662 g/mol. The van der Waals surface area contributed by atoms with Crippen LogP contribution in [0.2, 0.25) is 5.02 Å². The second-order valence-corrected chi connectivity index (χ2v) is 12.0. The van der Waals surface area contributed by atoms with E-state index in [0.717, 1.165) is 5.56 Å². The van der Waals surface area contributed by atoms with Gasteiger partial charge in [0, 0.05) is 21.8 Å². The minimum atomic E-state index is -1.20. The van der Waals surface area contributed by atoms with Crippen molar-refractivity contribution in [2.45, 2.75) is 11.5 Å². The van der Waals surface area contributed by atoms with Crippen molar-refractivity contribution >= 4 is 64.5 Å². The predicted molar refractivity (Wildman–Crippen MR) is 192 cm³/mol. The average molecular weight is 692 g/mol. The van der Waals surface area contributed by atoms with Crippen LogP contribution in [0, 0.1) is 0 Å². The zero-order valence-corrected chi connectivity index (χ0v) is 27.5. The van der Waals surface area contributed by atoms with Crippen LogP contribution >= 0.6 is 23.4 Å².